The number of β-lactam (4-membered cyclic amide) rings is 1. The largest absolute Gasteiger partial charge is 0.416 e. The number of anilines is 1. The number of rotatable bonds is 1. The normalized spacial score (nSPS) is 20.4. The van der Waals surface area contributed by atoms with Gasteiger partial charge in [-0.2, -0.15) is 13.2 Å². The predicted molar refractivity (Wildman–Crippen MR) is 51.7 cm³/mol. The maximum atomic E-state index is 13.3. The van der Waals surface area contributed by atoms with Crippen LogP contribution in [-0.2, 0) is 11.0 Å². The van der Waals surface area contributed by atoms with Crippen LogP contribution in [0.4, 0.5) is 23.2 Å². The van der Waals surface area contributed by atoms with Crippen molar-refractivity contribution in [1.82, 2.24) is 0 Å². The van der Waals surface area contributed by atoms with Crippen LogP contribution >= 0.6 is 0 Å². The summed E-state index contributed by atoms with van der Waals surface area (Å²) < 4.78 is 50.6. The lowest BCUT2D eigenvalue weighted by molar-refractivity contribution is -0.137. The van der Waals surface area contributed by atoms with Gasteiger partial charge in [0.15, 0.2) is 0 Å². The van der Waals surface area contributed by atoms with Crippen LogP contribution in [0.15, 0.2) is 18.2 Å². The van der Waals surface area contributed by atoms with Gasteiger partial charge in [-0.1, -0.05) is 0 Å². The Morgan fingerprint density at radius 3 is 2.47 bits per heavy atom. The number of amides is 1. The highest BCUT2D eigenvalue weighted by atomic mass is 19.4. The highest BCUT2D eigenvalue weighted by Crippen LogP contribution is 2.34. The van der Waals surface area contributed by atoms with E-state index >= 15 is 0 Å². The maximum Gasteiger partial charge on any atom is 0.416 e. The second kappa shape index (κ2) is 3.69. The number of nitrogens with zero attached hydrogens (tertiary/aromatic N) is 1. The number of carbonyl (C=O) groups excluding carboxylic acids is 1. The molecule has 1 aromatic carbocycles. The first kappa shape index (κ1) is 11.8. The molecule has 1 amide bonds. The molecule has 1 heterocycles. The fraction of sp³-hybridized carbons (Fsp3) is 0.300. The van der Waals surface area contributed by atoms with E-state index in [-0.39, 0.29) is 12.2 Å². The van der Waals surface area contributed by atoms with E-state index in [1.54, 1.807) is 0 Å². The van der Waals surface area contributed by atoms with Crippen molar-refractivity contribution in [2.45, 2.75) is 12.2 Å². The second-order valence-electron chi connectivity index (χ2n) is 3.72. The summed E-state index contributed by atoms with van der Waals surface area (Å²) in [7, 11) is 0. The molecular weight excluding hydrogens is 240 g/mol. The van der Waals surface area contributed by atoms with Gasteiger partial charge in [-0.3, -0.25) is 4.79 Å². The molecule has 1 unspecified atom stereocenters. The molecule has 7 heteroatoms. The van der Waals surface area contributed by atoms with Gasteiger partial charge in [-0.05, 0) is 18.2 Å². The Bertz CT molecular complexity index is 472. The summed E-state index contributed by atoms with van der Waals surface area (Å²) in [6.07, 6.45) is -4.57. The van der Waals surface area contributed by atoms with Crippen molar-refractivity contribution in [2.24, 2.45) is 5.73 Å². The molecular formula is C10H8F4N2O. The van der Waals surface area contributed by atoms with Crippen LogP contribution in [0.2, 0.25) is 0 Å². The second-order valence-corrected chi connectivity index (χ2v) is 3.72. The molecule has 0 aromatic heterocycles. The quantitative estimate of drug-likeness (QED) is 0.605. The molecule has 1 atom stereocenters. The zero-order valence-corrected chi connectivity index (χ0v) is 8.46. The molecule has 92 valence electrons. The van der Waals surface area contributed by atoms with Gasteiger partial charge in [0.1, 0.15) is 11.9 Å². The van der Waals surface area contributed by atoms with Gasteiger partial charge in [0.25, 0.3) is 0 Å². The average molecular weight is 248 g/mol. The van der Waals surface area contributed by atoms with E-state index in [0.717, 1.165) is 4.90 Å². The highest BCUT2D eigenvalue weighted by molar-refractivity contribution is 6.03. The third-order valence-electron chi connectivity index (χ3n) is 2.53. The van der Waals surface area contributed by atoms with E-state index in [4.69, 9.17) is 5.73 Å². The Hall–Kier alpha value is -1.63. The summed E-state index contributed by atoms with van der Waals surface area (Å²) in [5.74, 6) is -1.46. The van der Waals surface area contributed by atoms with Gasteiger partial charge < -0.3 is 10.6 Å². The Labute approximate surface area is 93.8 Å². The molecule has 0 spiro atoms. The summed E-state index contributed by atoms with van der Waals surface area (Å²) in [6, 6.07) is 1.17. The first-order valence-corrected chi connectivity index (χ1v) is 4.74. The van der Waals surface area contributed by atoms with Crippen molar-refractivity contribution in [1.29, 1.82) is 0 Å². The predicted octanol–water partition coefficient (Wildman–Crippen LogP) is 1.52. The molecule has 1 aliphatic rings. The fourth-order valence-corrected chi connectivity index (χ4v) is 1.57. The topological polar surface area (TPSA) is 46.3 Å². The minimum absolute atomic E-state index is 0.0249. The first-order chi connectivity index (χ1) is 7.80. The van der Waals surface area contributed by atoms with Crippen molar-refractivity contribution in [2.75, 3.05) is 11.4 Å². The summed E-state index contributed by atoms with van der Waals surface area (Å²) in [5.41, 5.74) is 3.91. The van der Waals surface area contributed by atoms with Crippen LogP contribution < -0.4 is 10.6 Å². The lowest BCUT2D eigenvalue weighted by Gasteiger charge is -2.36. The van der Waals surface area contributed by atoms with Crippen LogP contribution in [0.5, 0.6) is 0 Å². The molecule has 1 aliphatic heterocycles. The molecule has 2 N–H and O–H groups in total. The zero-order chi connectivity index (χ0) is 12.8. The van der Waals surface area contributed by atoms with Crippen LogP contribution in [-0.4, -0.2) is 18.5 Å². The van der Waals surface area contributed by atoms with Crippen molar-refractivity contribution in [3.05, 3.63) is 29.6 Å². The molecule has 1 saturated heterocycles. The van der Waals surface area contributed by atoms with Crippen LogP contribution in [0, 0.1) is 5.82 Å². The van der Waals surface area contributed by atoms with E-state index in [0.29, 0.717) is 18.2 Å². The molecule has 1 aromatic rings. The van der Waals surface area contributed by atoms with Crippen molar-refractivity contribution in [3.8, 4) is 0 Å². The molecule has 0 radical (unpaired) electrons. The molecule has 17 heavy (non-hydrogen) atoms. The summed E-state index contributed by atoms with van der Waals surface area (Å²) in [5, 5.41) is 0. The fourth-order valence-electron chi connectivity index (χ4n) is 1.57. The third kappa shape index (κ3) is 1.97. The maximum absolute atomic E-state index is 13.3. The molecule has 1 fully saturated rings. The Morgan fingerprint density at radius 2 is 2.00 bits per heavy atom. The van der Waals surface area contributed by atoms with E-state index in [9.17, 15) is 22.4 Å². The molecule has 0 aliphatic carbocycles. The number of benzene rings is 1. The molecule has 3 nitrogen and oxygen atoms in total. The van der Waals surface area contributed by atoms with E-state index in [1.165, 1.54) is 0 Å². The summed E-state index contributed by atoms with van der Waals surface area (Å²) >= 11 is 0. The monoisotopic (exact) mass is 248 g/mol. The van der Waals surface area contributed by atoms with Gasteiger partial charge >= 0.3 is 6.18 Å². The van der Waals surface area contributed by atoms with Gasteiger partial charge in [-0.25, -0.2) is 4.39 Å². The summed E-state index contributed by atoms with van der Waals surface area (Å²) in [6.45, 7) is 0.0249. The van der Waals surface area contributed by atoms with Crippen LogP contribution in [0.1, 0.15) is 5.56 Å². The minimum atomic E-state index is -4.57. The first-order valence-electron chi connectivity index (χ1n) is 4.74. The number of hydrogen-bond acceptors (Lipinski definition) is 2. The Kier molecular flexibility index (Phi) is 2.57. The Morgan fingerprint density at radius 1 is 1.35 bits per heavy atom. The number of hydrogen-bond donors (Lipinski definition) is 1. The van der Waals surface area contributed by atoms with Crippen LogP contribution in [0.3, 0.4) is 0 Å². The minimum Gasteiger partial charge on any atom is -0.318 e. The molecule has 2 rings (SSSR count). The van der Waals surface area contributed by atoms with Gasteiger partial charge in [0.2, 0.25) is 5.91 Å². The Balaban J connectivity index is 2.37. The van der Waals surface area contributed by atoms with Crippen molar-refractivity contribution in [3.63, 3.8) is 0 Å². The van der Waals surface area contributed by atoms with Crippen molar-refractivity contribution < 1.29 is 22.4 Å². The van der Waals surface area contributed by atoms with Gasteiger partial charge in [-0.15, -0.1) is 0 Å². The molecule has 0 saturated carbocycles. The zero-order valence-electron chi connectivity index (χ0n) is 8.46. The number of carbonyl (C=O) groups is 1. The van der Waals surface area contributed by atoms with Gasteiger partial charge in [0.05, 0.1) is 17.8 Å². The van der Waals surface area contributed by atoms with E-state index < -0.39 is 29.5 Å². The molecule has 0 bridgehead atoms. The van der Waals surface area contributed by atoms with Crippen molar-refractivity contribution >= 4 is 11.6 Å². The lowest BCUT2D eigenvalue weighted by Crippen LogP contribution is -2.61. The number of nitrogens with two attached hydrogens (primary N) is 1. The van der Waals surface area contributed by atoms with E-state index in [1.807, 2.05) is 0 Å². The number of halogens is 4. The standard InChI is InChI=1S/C10H8F4N2O/c11-6-2-1-5(10(12,13)14)3-8(6)16-4-7(15)9(16)17/h1-3,7H,4,15H2. The van der Waals surface area contributed by atoms with E-state index in [2.05, 4.69) is 0 Å². The van der Waals surface area contributed by atoms with Crippen LogP contribution in [0.25, 0.3) is 0 Å². The number of alkyl halides is 3. The van der Waals surface area contributed by atoms with Gasteiger partial charge in [0, 0.05) is 0 Å². The summed E-state index contributed by atoms with van der Waals surface area (Å²) in [4.78, 5) is 12.1. The SMILES string of the molecule is NC1CN(c2cc(C(F)(F)F)ccc2F)C1=O. The lowest BCUT2D eigenvalue weighted by atomic mass is 10.1. The smallest absolute Gasteiger partial charge is 0.318 e. The highest BCUT2D eigenvalue weighted by Gasteiger charge is 2.38. The average Bonchev–Trinajstić information content (AvgIpc) is 2.25. The third-order valence-corrected chi connectivity index (χ3v) is 2.53.